The molecule has 180 valence electrons. The smallest absolute Gasteiger partial charge is 0.319 e. The van der Waals surface area contributed by atoms with Crippen molar-refractivity contribution in [2.45, 2.75) is 19.4 Å². The van der Waals surface area contributed by atoms with Gasteiger partial charge in [0.05, 0.1) is 11.4 Å². The van der Waals surface area contributed by atoms with Crippen molar-refractivity contribution in [3.63, 3.8) is 0 Å². The molecule has 0 spiro atoms. The second-order valence-corrected chi connectivity index (χ2v) is 8.67. The molecule has 34 heavy (non-hydrogen) atoms. The van der Waals surface area contributed by atoms with E-state index in [0.29, 0.717) is 43.1 Å². The third-order valence-electron chi connectivity index (χ3n) is 5.97. The van der Waals surface area contributed by atoms with Crippen LogP contribution in [0.15, 0.2) is 36.7 Å². The first-order valence-corrected chi connectivity index (χ1v) is 11.1. The van der Waals surface area contributed by atoms with Crippen molar-refractivity contribution in [1.82, 2.24) is 24.7 Å². The van der Waals surface area contributed by atoms with Crippen LogP contribution in [0.5, 0.6) is 11.5 Å². The Labute approximate surface area is 197 Å². The second-order valence-electron chi connectivity index (χ2n) is 8.67. The standard InChI is InChI=1S/C24H29FN6O3/c1-15-14-28-22-21(15)20(6-7-27-22)34-19-5-4-16(12-17(19)25)13-18(26)23(32)30-8-10-31(11-9-30)24(33)29(2)3/h4-7,12,14,18H,8-11,13,26H2,1-3H3,(H,27,28)/t18-/m0/s1. The van der Waals surface area contributed by atoms with Gasteiger partial charge < -0.3 is 30.2 Å². The van der Waals surface area contributed by atoms with E-state index in [1.807, 2.05) is 13.1 Å². The van der Waals surface area contributed by atoms with Gasteiger partial charge in [0.1, 0.15) is 11.4 Å². The number of H-pyrrole nitrogens is 1. The third kappa shape index (κ3) is 4.81. The molecule has 1 atom stereocenters. The molecule has 0 aliphatic carbocycles. The maximum Gasteiger partial charge on any atom is 0.319 e. The molecular formula is C24H29FN6O3. The van der Waals surface area contributed by atoms with Crippen LogP contribution in [0.4, 0.5) is 9.18 Å². The van der Waals surface area contributed by atoms with E-state index in [1.54, 1.807) is 48.3 Å². The first kappa shape index (κ1) is 23.5. The summed E-state index contributed by atoms with van der Waals surface area (Å²) in [6.45, 7) is 3.68. The number of nitrogens with zero attached hydrogens (tertiary/aromatic N) is 4. The Morgan fingerprint density at radius 2 is 1.88 bits per heavy atom. The molecule has 3 N–H and O–H groups in total. The number of amides is 3. The highest BCUT2D eigenvalue weighted by atomic mass is 19.1. The Balaban J connectivity index is 1.38. The molecule has 9 nitrogen and oxygen atoms in total. The molecule has 4 rings (SSSR count). The molecule has 3 heterocycles. The number of nitrogens with one attached hydrogen (secondary N) is 1. The van der Waals surface area contributed by atoms with Crippen LogP contribution in [0.1, 0.15) is 11.1 Å². The van der Waals surface area contributed by atoms with Crippen LogP contribution >= 0.6 is 0 Å². The zero-order chi connectivity index (χ0) is 24.4. The Hall–Kier alpha value is -3.66. The fourth-order valence-corrected chi connectivity index (χ4v) is 4.12. The summed E-state index contributed by atoms with van der Waals surface area (Å²) in [5.41, 5.74) is 8.38. The molecule has 0 bridgehead atoms. The average Bonchev–Trinajstić information content (AvgIpc) is 3.21. The number of aromatic amines is 1. The maximum absolute atomic E-state index is 14.8. The average molecular weight is 469 g/mol. The van der Waals surface area contributed by atoms with E-state index >= 15 is 0 Å². The van der Waals surface area contributed by atoms with Crippen molar-refractivity contribution in [2.24, 2.45) is 5.73 Å². The largest absolute Gasteiger partial charge is 0.453 e. The predicted octanol–water partition coefficient (Wildman–Crippen LogP) is 2.50. The van der Waals surface area contributed by atoms with Crippen molar-refractivity contribution < 1.29 is 18.7 Å². The zero-order valence-electron chi connectivity index (χ0n) is 19.5. The number of aromatic nitrogens is 2. The van der Waals surface area contributed by atoms with Gasteiger partial charge in [0.2, 0.25) is 5.91 Å². The lowest BCUT2D eigenvalue weighted by molar-refractivity contribution is -0.134. The van der Waals surface area contributed by atoms with Crippen LogP contribution < -0.4 is 10.5 Å². The number of carbonyl (C=O) groups excluding carboxylic acids is 2. The van der Waals surface area contributed by atoms with Gasteiger partial charge in [-0.25, -0.2) is 14.2 Å². The minimum Gasteiger partial charge on any atom is -0.453 e. The number of urea groups is 1. The van der Waals surface area contributed by atoms with Crippen LogP contribution in [0.2, 0.25) is 0 Å². The summed E-state index contributed by atoms with van der Waals surface area (Å²) in [4.78, 5) is 37.0. The Morgan fingerprint density at radius 3 is 2.56 bits per heavy atom. The van der Waals surface area contributed by atoms with E-state index < -0.39 is 11.9 Å². The number of halogens is 1. The monoisotopic (exact) mass is 468 g/mol. The predicted molar refractivity (Wildman–Crippen MR) is 126 cm³/mol. The van der Waals surface area contributed by atoms with Crippen molar-refractivity contribution in [3.05, 3.63) is 53.6 Å². The van der Waals surface area contributed by atoms with Crippen LogP contribution in [0.25, 0.3) is 11.0 Å². The molecule has 1 saturated heterocycles. The van der Waals surface area contributed by atoms with Gasteiger partial charge in [-0.15, -0.1) is 0 Å². The minimum absolute atomic E-state index is 0.0756. The highest BCUT2D eigenvalue weighted by molar-refractivity contribution is 5.86. The third-order valence-corrected chi connectivity index (χ3v) is 5.97. The first-order chi connectivity index (χ1) is 16.2. The van der Waals surface area contributed by atoms with Crippen molar-refractivity contribution in [1.29, 1.82) is 0 Å². The minimum atomic E-state index is -0.801. The Bertz CT molecular complexity index is 1200. The molecule has 0 unspecified atom stereocenters. The van der Waals surface area contributed by atoms with E-state index in [2.05, 4.69) is 9.97 Å². The lowest BCUT2D eigenvalue weighted by Crippen LogP contribution is -2.56. The summed E-state index contributed by atoms with van der Waals surface area (Å²) in [6.07, 6.45) is 3.62. The van der Waals surface area contributed by atoms with E-state index in [-0.39, 0.29) is 24.1 Å². The summed E-state index contributed by atoms with van der Waals surface area (Å²) in [5, 5.41) is 0.797. The van der Waals surface area contributed by atoms with Crippen LogP contribution in [0, 0.1) is 12.7 Å². The Morgan fingerprint density at radius 1 is 1.18 bits per heavy atom. The molecule has 10 heteroatoms. The Kier molecular flexibility index (Phi) is 6.69. The normalized spacial score (nSPS) is 14.9. The number of rotatable bonds is 5. The maximum atomic E-state index is 14.8. The summed E-state index contributed by atoms with van der Waals surface area (Å²) in [7, 11) is 3.40. The fraction of sp³-hybridized carbons (Fsp3) is 0.375. The molecule has 0 saturated carbocycles. The van der Waals surface area contributed by atoms with Gasteiger partial charge in [-0.05, 0) is 42.7 Å². The number of hydrogen-bond donors (Lipinski definition) is 2. The zero-order valence-corrected chi connectivity index (χ0v) is 19.5. The van der Waals surface area contributed by atoms with Gasteiger partial charge in [0.25, 0.3) is 0 Å². The summed E-state index contributed by atoms with van der Waals surface area (Å²) >= 11 is 0. The topological polar surface area (TPSA) is 108 Å². The number of hydrogen-bond acceptors (Lipinski definition) is 5. The molecule has 3 aromatic rings. The van der Waals surface area contributed by atoms with Gasteiger partial charge >= 0.3 is 6.03 Å². The summed E-state index contributed by atoms with van der Waals surface area (Å²) < 4.78 is 20.7. The van der Waals surface area contributed by atoms with Gasteiger partial charge in [-0.1, -0.05) is 6.07 Å². The number of aryl methyl sites for hydroxylation is 1. The van der Waals surface area contributed by atoms with Gasteiger partial charge in [-0.3, -0.25) is 4.79 Å². The number of pyridine rings is 1. The van der Waals surface area contributed by atoms with Crippen molar-refractivity contribution >= 4 is 23.0 Å². The molecular weight excluding hydrogens is 439 g/mol. The molecule has 3 amide bonds. The van der Waals surface area contributed by atoms with Crippen molar-refractivity contribution in [2.75, 3.05) is 40.3 Å². The number of fused-ring (bicyclic) bond motifs is 1. The molecule has 1 aliphatic rings. The first-order valence-electron chi connectivity index (χ1n) is 11.1. The number of carbonyl (C=O) groups is 2. The van der Waals surface area contributed by atoms with Crippen LogP contribution in [-0.2, 0) is 11.2 Å². The number of nitrogens with two attached hydrogens (primary N) is 1. The molecule has 1 aliphatic heterocycles. The number of piperazine rings is 1. The second kappa shape index (κ2) is 9.68. The molecule has 2 aromatic heterocycles. The van der Waals surface area contributed by atoms with E-state index in [0.717, 1.165) is 10.9 Å². The molecule has 1 fully saturated rings. The highest BCUT2D eigenvalue weighted by Gasteiger charge is 2.28. The van der Waals surface area contributed by atoms with E-state index in [4.69, 9.17) is 10.5 Å². The van der Waals surface area contributed by atoms with Crippen molar-refractivity contribution in [3.8, 4) is 11.5 Å². The highest BCUT2D eigenvalue weighted by Crippen LogP contribution is 2.32. The number of ether oxygens (including phenoxy) is 1. The summed E-state index contributed by atoms with van der Waals surface area (Å²) in [6, 6.07) is 5.41. The van der Waals surface area contributed by atoms with E-state index in [9.17, 15) is 14.0 Å². The summed E-state index contributed by atoms with van der Waals surface area (Å²) in [5.74, 6) is -0.154. The van der Waals surface area contributed by atoms with Crippen LogP contribution in [-0.4, -0.2) is 82.9 Å². The lowest BCUT2D eigenvalue weighted by Gasteiger charge is -2.36. The number of benzene rings is 1. The van der Waals surface area contributed by atoms with Gasteiger partial charge in [0.15, 0.2) is 11.6 Å². The fourth-order valence-electron chi connectivity index (χ4n) is 4.12. The van der Waals surface area contributed by atoms with Crippen LogP contribution in [0.3, 0.4) is 0 Å². The molecule has 1 aromatic carbocycles. The van der Waals surface area contributed by atoms with Gasteiger partial charge in [0, 0.05) is 52.7 Å². The van der Waals surface area contributed by atoms with Gasteiger partial charge in [-0.2, -0.15) is 0 Å². The van der Waals surface area contributed by atoms with E-state index in [1.165, 1.54) is 11.0 Å². The molecule has 0 radical (unpaired) electrons. The quantitative estimate of drug-likeness (QED) is 0.598. The lowest BCUT2D eigenvalue weighted by atomic mass is 10.0. The SMILES string of the molecule is Cc1c[nH]c2nccc(Oc3ccc(C[C@H](N)C(=O)N4CCN(C(=O)N(C)C)CC4)cc3F)c12.